The molecule has 1 saturated heterocycles. The van der Waals surface area contributed by atoms with Crippen molar-refractivity contribution in [2.75, 3.05) is 12.3 Å². The first-order valence-corrected chi connectivity index (χ1v) is 13.5. The highest BCUT2D eigenvalue weighted by atomic mass is 35.5. The van der Waals surface area contributed by atoms with Gasteiger partial charge in [0.1, 0.15) is 0 Å². The van der Waals surface area contributed by atoms with Crippen molar-refractivity contribution in [3.05, 3.63) is 64.2 Å². The third-order valence-corrected chi connectivity index (χ3v) is 8.85. The lowest BCUT2D eigenvalue weighted by molar-refractivity contribution is -0.137. The molecule has 8 nitrogen and oxygen atoms in total. The number of nitrogens with one attached hydrogen (secondary N) is 1. The van der Waals surface area contributed by atoms with Crippen LogP contribution in [-0.4, -0.2) is 60.0 Å². The molecule has 1 heterocycles. The maximum absolute atomic E-state index is 13.3. The molecule has 3 N–H and O–H groups in total. The van der Waals surface area contributed by atoms with E-state index in [-0.39, 0.29) is 29.5 Å². The van der Waals surface area contributed by atoms with Crippen molar-refractivity contribution in [2.24, 2.45) is 5.92 Å². The molecule has 0 spiro atoms. The van der Waals surface area contributed by atoms with E-state index in [1.54, 1.807) is 0 Å². The molecule has 2 fully saturated rings. The third kappa shape index (κ3) is 6.02. The van der Waals surface area contributed by atoms with E-state index < -0.39 is 62.4 Å². The lowest BCUT2D eigenvalue weighted by atomic mass is 9.96. The van der Waals surface area contributed by atoms with Gasteiger partial charge in [0.2, 0.25) is 0 Å². The van der Waals surface area contributed by atoms with Crippen molar-refractivity contribution >= 4 is 33.4 Å². The van der Waals surface area contributed by atoms with Crippen LogP contribution < -0.4 is 5.32 Å². The summed E-state index contributed by atoms with van der Waals surface area (Å²) >= 11 is 5.91. The Morgan fingerprint density at radius 3 is 2.35 bits per heavy atom. The number of amides is 2. The van der Waals surface area contributed by atoms with Crippen LogP contribution in [-0.2, 0) is 16.0 Å². The number of β-amino-alcohol motifs (C(OH)–C–C–N with tert-alkyl or cyclic N) is 1. The topological polar surface area (TPSA) is 124 Å². The number of carbonyl (C=O) groups excluding carboxylic acids is 1. The van der Waals surface area contributed by atoms with E-state index in [0.29, 0.717) is 5.56 Å². The van der Waals surface area contributed by atoms with E-state index in [0.717, 1.165) is 35.9 Å². The van der Waals surface area contributed by atoms with Gasteiger partial charge in [-0.1, -0.05) is 29.8 Å². The summed E-state index contributed by atoms with van der Waals surface area (Å²) in [5, 5.41) is 21.5. The smallest absolute Gasteiger partial charge is 0.417 e. The number of sulfone groups is 1. The maximum atomic E-state index is 13.3. The Morgan fingerprint density at radius 2 is 1.78 bits per heavy atom. The summed E-state index contributed by atoms with van der Waals surface area (Å²) in [5.41, 5.74) is -1.36. The van der Waals surface area contributed by atoms with Gasteiger partial charge in [0.15, 0.2) is 9.84 Å². The Labute approximate surface area is 216 Å². The standard InChI is InChI=1S/C24H24ClF3N2O6S/c25-20-17(2-1-3-18(20)24(26,27)28)22(32)29-21(19-10-15(31)11-30(19)23(33)34)14-6-8-16(9-7-14)37(35,36)12-13-4-5-13/h1-3,6-9,13,15,19,21,31H,4-5,10-12H2,(H,29,32)(H,33,34)/t15-,19+,21-/m1/s1. The maximum Gasteiger partial charge on any atom is 0.417 e. The van der Waals surface area contributed by atoms with E-state index in [9.17, 15) is 41.4 Å². The summed E-state index contributed by atoms with van der Waals surface area (Å²) in [6, 6.07) is 6.31. The first kappa shape index (κ1) is 27.2. The summed E-state index contributed by atoms with van der Waals surface area (Å²) in [4.78, 5) is 25.9. The fourth-order valence-electron chi connectivity index (χ4n) is 4.50. The van der Waals surface area contributed by atoms with Crippen LogP contribution >= 0.6 is 11.6 Å². The third-order valence-electron chi connectivity index (χ3n) is 6.54. The fourth-order valence-corrected chi connectivity index (χ4v) is 6.52. The van der Waals surface area contributed by atoms with Crippen molar-refractivity contribution in [3.63, 3.8) is 0 Å². The van der Waals surface area contributed by atoms with Crippen molar-refractivity contribution in [3.8, 4) is 0 Å². The first-order valence-electron chi connectivity index (χ1n) is 11.4. The SMILES string of the molecule is O=C(N[C@H](c1ccc(S(=O)(=O)CC2CC2)cc1)[C@@H]1C[C@@H](O)CN1C(=O)O)c1cccc(C(F)(F)F)c1Cl. The average molecular weight is 561 g/mol. The number of hydrogen-bond acceptors (Lipinski definition) is 5. The highest BCUT2D eigenvalue weighted by Gasteiger charge is 2.41. The van der Waals surface area contributed by atoms with Gasteiger partial charge in [-0.3, -0.25) is 4.79 Å². The molecule has 0 aromatic heterocycles. The fraction of sp³-hybridized carbons (Fsp3) is 0.417. The quantitative estimate of drug-likeness (QED) is 0.468. The number of carboxylic acid groups (broad SMARTS) is 1. The molecule has 2 aromatic carbocycles. The van der Waals surface area contributed by atoms with Gasteiger partial charge >= 0.3 is 12.3 Å². The Kier molecular flexibility index (Phi) is 7.46. The van der Waals surface area contributed by atoms with E-state index in [1.165, 1.54) is 24.3 Å². The number of alkyl halides is 3. The molecule has 1 aliphatic carbocycles. The van der Waals surface area contributed by atoms with Crippen molar-refractivity contribution < 1.29 is 41.4 Å². The van der Waals surface area contributed by atoms with E-state index in [4.69, 9.17) is 11.6 Å². The summed E-state index contributed by atoms with van der Waals surface area (Å²) in [6.07, 6.45) is -5.56. The number of carbonyl (C=O) groups is 2. The van der Waals surface area contributed by atoms with Crippen LogP contribution in [0.1, 0.15) is 46.8 Å². The van der Waals surface area contributed by atoms with Gasteiger partial charge in [-0.25, -0.2) is 13.2 Å². The second-order valence-corrected chi connectivity index (χ2v) is 11.7. The molecule has 1 saturated carbocycles. The molecule has 2 amide bonds. The Bertz CT molecular complexity index is 1300. The Hall–Kier alpha value is -2.83. The number of nitrogens with zero attached hydrogens (tertiary/aromatic N) is 1. The van der Waals surface area contributed by atoms with E-state index in [1.807, 2.05) is 0 Å². The van der Waals surface area contributed by atoms with Gasteiger partial charge in [0, 0.05) is 0 Å². The normalized spacial score (nSPS) is 21.1. The monoisotopic (exact) mass is 560 g/mol. The van der Waals surface area contributed by atoms with Crippen molar-refractivity contribution in [2.45, 2.75) is 48.5 Å². The van der Waals surface area contributed by atoms with Crippen LogP contribution in [0, 0.1) is 5.92 Å². The van der Waals surface area contributed by atoms with E-state index >= 15 is 0 Å². The minimum absolute atomic E-state index is 0.0160. The molecule has 2 aromatic rings. The zero-order valence-electron chi connectivity index (χ0n) is 19.3. The second kappa shape index (κ2) is 10.1. The lowest BCUT2D eigenvalue weighted by Crippen LogP contribution is -2.45. The van der Waals surface area contributed by atoms with Crippen LogP contribution in [0.4, 0.5) is 18.0 Å². The number of aliphatic hydroxyl groups excluding tert-OH is 1. The number of likely N-dealkylation sites (tertiary alicyclic amines) is 1. The summed E-state index contributed by atoms with van der Waals surface area (Å²) in [5.74, 6) is -0.849. The molecule has 4 rings (SSSR count). The molecule has 2 aliphatic rings. The van der Waals surface area contributed by atoms with Gasteiger partial charge in [0.05, 0.1) is 51.5 Å². The predicted molar refractivity (Wildman–Crippen MR) is 127 cm³/mol. The van der Waals surface area contributed by atoms with Crippen LogP contribution in [0.25, 0.3) is 0 Å². The molecule has 0 unspecified atom stereocenters. The molecule has 3 atom stereocenters. The van der Waals surface area contributed by atoms with Gasteiger partial charge in [0.25, 0.3) is 5.91 Å². The highest BCUT2D eigenvalue weighted by Crippen LogP contribution is 2.37. The molecule has 200 valence electrons. The number of benzene rings is 2. The van der Waals surface area contributed by atoms with Crippen LogP contribution in [0.2, 0.25) is 5.02 Å². The Morgan fingerprint density at radius 1 is 1.14 bits per heavy atom. The largest absolute Gasteiger partial charge is 0.465 e. The average Bonchev–Trinajstić information content (AvgIpc) is 3.53. The summed E-state index contributed by atoms with van der Waals surface area (Å²) in [6.45, 7) is -0.232. The Balaban J connectivity index is 1.68. The molecule has 13 heteroatoms. The number of halogens is 4. The number of rotatable bonds is 7. The van der Waals surface area contributed by atoms with Gasteiger partial charge < -0.3 is 20.4 Å². The summed E-state index contributed by atoms with van der Waals surface area (Å²) in [7, 11) is -3.54. The molecular formula is C24H24ClF3N2O6S. The number of aliphatic hydroxyl groups is 1. The van der Waals surface area contributed by atoms with Gasteiger partial charge in [-0.05, 0) is 55.0 Å². The molecule has 1 aliphatic heterocycles. The first-order chi connectivity index (χ1) is 17.3. The summed E-state index contributed by atoms with van der Waals surface area (Å²) < 4.78 is 65.1. The second-order valence-electron chi connectivity index (χ2n) is 9.30. The number of hydrogen-bond donors (Lipinski definition) is 3. The van der Waals surface area contributed by atoms with Crippen molar-refractivity contribution in [1.82, 2.24) is 10.2 Å². The molecule has 37 heavy (non-hydrogen) atoms. The molecular weight excluding hydrogens is 537 g/mol. The van der Waals surface area contributed by atoms with Crippen LogP contribution in [0.5, 0.6) is 0 Å². The zero-order chi connectivity index (χ0) is 27.1. The lowest BCUT2D eigenvalue weighted by Gasteiger charge is -2.31. The van der Waals surface area contributed by atoms with Gasteiger partial charge in [-0.2, -0.15) is 13.2 Å². The van der Waals surface area contributed by atoms with Crippen LogP contribution in [0.15, 0.2) is 47.4 Å². The van der Waals surface area contributed by atoms with Crippen LogP contribution in [0.3, 0.4) is 0 Å². The minimum Gasteiger partial charge on any atom is -0.465 e. The predicted octanol–water partition coefficient (Wildman–Crippen LogP) is 4.13. The zero-order valence-corrected chi connectivity index (χ0v) is 20.9. The van der Waals surface area contributed by atoms with E-state index in [2.05, 4.69) is 5.32 Å². The highest BCUT2D eigenvalue weighted by molar-refractivity contribution is 7.91. The van der Waals surface area contributed by atoms with Gasteiger partial charge in [-0.15, -0.1) is 0 Å². The van der Waals surface area contributed by atoms with Crippen molar-refractivity contribution in [1.29, 1.82) is 0 Å². The molecule has 0 radical (unpaired) electrons. The molecule has 0 bridgehead atoms. The minimum atomic E-state index is -4.80.